The molecule has 0 amide bonds. The Bertz CT molecular complexity index is 816. The van der Waals surface area contributed by atoms with Crippen LogP contribution in [0.1, 0.15) is 16.7 Å². The number of nitrogens with zero attached hydrogens (tertiary/aromatic N) is 4. The van der Waals surface area contributed by atoms with E-state index in [1.54, 1.807) is 23.6 Å². The van der Waals surface area contributed by atoms with E-state index >= 15 is 0 Å². The molecule has 3 aromatic rings. The SMILES string of the molecule is COc1cccc(CSc2nnnn2-c2cccc(C)c2C)c1. The molecule has 0 unspecified atom stereocenters. The van der Waals surface area contributed by atoms with E-state index in [0.717, 1.165) is 22.3 Å². The zero-order valence-corrected chi connectivity index (χ0v) is 14.2. The van der Waals surface area contributed by atoms with Crippen LogP contribution in [0.15, 0.2) is 47.6 Å². The van der Waals surface area contributed by atoms with E-state index < -0.39 is 0 Å². The van der Waals surface area contributed by atoms with Gasteiger partial charge in [0.05, 0.1) is 12.8 Å². The maximum Gasteiger partial charge on any atom is 0.214 e. The Kier molecular flexibility index (Phi) is 4.62. The van der Waals surface area contributed by atoms with Crippen LogP contribution in [0.3, 0.4) is 0 Å². The van der Waals surface area contributed by atoms with Crippen LogP contribution in [-0.2, 0) is 5.75 Å². The average molecular weight is 326 g/mol. The third kappa shape index (κ3) is 3.37. The van der Waals surface area contributed by atoms with Crippen molar-refractivity contribution in [3.8, 4) is 11.4 Å². The molecular formula is C17H18N4OS. The first-order chi connectivity index (χ1) is 11.2. The number of methoxy groups -OCH3 is 1. The lowest BCUT2D eigenvalue weighted by Crippen LogP contribution is -2.02. The first-order valence-electron chi connectivity index (χ1n) is 7.29. The molecule has 2 aromatic carbocycles. The first-order valence-corrected chi connectivity index (χ1v) is 8.28. The molecule has 0 radical (unpaired) electrons. The van der Waals surface area contributed by atoms with Crippen molar-refractivity contribution < 1.29 is 4.74 Å². The summed E-state index contributed by atoms with van der Waals surface area (Å²) in [6, 6.07) is 14.2. The third-order valence-electron chi connectivity index (χ3n) is 3.75. The van der Waals surface area contributed by atoms with Crippen LogP contribution in [0.2, 0.25) is 0 Å². The predicted molar refractivity (Wildman–Crippen MR) is 91.2 cm³/mol. The van der Waals surface area contributed by atoms with Crippen LogP contribution in [0.4, 0.5) is 0 Å². The molecule has 5 nitrogen and oxygen atoms in total. The molecule has 0 bridgehead atoms. The van der Waals surface area contributed by atoms with Gasteiger partial charge in [-0.3, -0.25) is 0 Å². The quantitative estimate of drug-likeness (QED) is 0.671. The number of ether oxygens (including phenoxy) is 1. The van der Waals surface area contributed by atoms with Crippen molar-refractivity contribution in [2.45, 2.75) is 24.8 Å². The van der Waals surface area contributed by atoms with Gasteiger partial charge in [0.25, 0.3) is 0 Å². The number of hydrogen-bond acceptors (Lipinski definition) is 5. The number of rotatable bonds is 5. The molecule has 23 heavy (non-hydrogen) atoms. The van der Waals surface area contributed by atoms with E-state index in [2.05, 4.69) is 41.5 Å². The summed E-state index contributed by atoms with van der Waals surface area (Å²) in [5.74, 6) is 1.64. The smallest absolute Gasteiger partial charge is 0.214 e. The van der Waals surface area contributed by atoms with E-state index in [9.17, 15) is 0 Å². The summed E-state index contributed by atoms with van der Waals surface area (Å²) in [6.07, 6.45) is 0. The highest BCUT2D eigenvalue weighted by molar-refractivity contribution is 7.98. The minimum atomic E-state index is 0.779. The number of thioether (sulfide) groups is 1. The minimum absolute atomic E-state index is 0.779. The highest BCUT2D eigenvalue weighted by atomic mass is 32.2. The summed E-state index contributed by atoms with van der Waals surface area (Å²) in [7, 11) is 1.67. The summed E-state index contributed by atoms with van der Waals surface area (Å²) in [4.78, 5) is 0. The Balaban J connectivity index is 1.82. The van der Waals surface area contributed by atoms with E-state index in [0.29, 0.717) is 0 Å². The molecular weight excluding hydrogens is 308 g/mol. The van der Waals surface area contributed by atoms with Crippen LogP contribution in [-0.4, -0.2) is 27.3 Å². The Hall–Kier alpha value is -2.34. The van der Waals surface area contributed by atoms with E-state index in [1.165, 1.54) is 16.7 Å². The van der Waals surface area contributed by atoms with Crippen molar-refractivity contribution in [2.24, 2.45) is 0 Å². The normalized spacial score (nSPS) is 10.7. The fourth-order valence-electron chi connectivity index (χ4n) is 2.30. The molecule has 0 aliphatic carbocycles. The lowest BCUT2D eigenvalue weighted by Gasteiger charge is -2.09. The van der Waals surface area contributed by atoms with Gasteiger partial charge in [0.2, 0.25) is 5.16 Å². The van der Waals surface area contributed by atoms with Crippen molar-refractivity contribution >= 4 is 11.8 Å². The molecule has 118 valence electrons. The van der Waals surface area contributed by atoms with Crippen molar-refractivity contribution in [1.82, 2.24) is 20.2 Å². The van der Waals surface area contributed by atoms with Gasteiger partial charge in [-0.1, -0.05) is 36.0 Å². The predicted octanol–water partition coefficient (Wildman–Crippen LogP) is 3.58. The molecule has 0 aliphatic heterocycles. The molecule has 0 spiro atoms. The fraction of sp³-hybridized carbons (Fsp3) is 0.235. The van der Waals surface area contributed by atoms with Crippen LogP contribution in [0, 0.1) is 13.8 Å². The van der Waals surface area contributed by atoms with E-state index in [-0.39, 0.29) is 0 Å². The van der Waals surface area contributed by atoms with Crippen LogP contribution in [0.25, 0.3) is 5.69 Å². The zero-order valence-electron chi connectivity index (χ0n) is 13.4. The molecule has 0 fully saturated rings. The maximum atomic E-state index is 5.26. The average Bonchev–Trinajstić information content (AvgIpc) is 3.04. The highest BCUT2D eigenvalue weighted by Crippen LogP contribution is 2.26. The van der Waals surface area contributed by atoms with Gasteiger partial charge in [-0.25, -0.2) is 0 Å². The second-order valence-corrected chi connectivity index (χ2v) is 6.18. The molecule has 3 rings (SSSR count). The third-order valence-corrected chi connectivity index (χ3v) is 4.74. The van der Waals surface area contributed by atoms with Gasteiger partial charge in [-0.15, -0.1) is 5.10 Å². The summed E-state index contributed by atoms with van der Waals surface area (Å²) in [5.41, 5.74) is 4.60. The Morgan fingerprint density at radius 3 is 2.78 bits per heavy atom. The number of aromatic nitrogens is 4. The molecule has 1 heterocycles. The van der Waals surface area contributed by atoms with E-state index in [1.807, 2.05) is 30.3 Å². The molecule has 0 saturated heterocycles. The molecule has 0 saturated carbocycles. The highest BCUT2D eigenvalue weighted by Gasteiger charge is 2.12. The summed E-state index contributed by atoms with van der Waals surface area (Å²) in [5, 5.41) is 12.9. The Morgan fingerprint density at radius 1 is 1.13 bits per heavy atom. The van der Waals surface area contributed by atoms with Crippen LogP contribution in [0.5, 0.6) is 5.75 Å². The van der Waals surface area contributed by atoms with Crippen molar-refractivity contribution in [2.75, 3.05) is 7.11 Å². The largest absolute Gasteiger partial charge is 0.497 e. The number of benzene rings is 2. The van der Waals surface area contributed by atoms with Crippen LogP contribution >= 0.6 is 11.8 Å². The Morgan fingerprint density at radius 2 is 1.96 bits per heavy atom. The molecule has 6 heteroatoms. The topological polar surface area (TPSA) is 52.8 Å². The van der Waals surface area contributed by atoms with Crippen molar-refractivity contribution in [3.05, 3.63) is 59.2 Å². The lowest BCUT2D eigenvalue weighted by molar-refractivity contribution is 0.414. The second kappa shape index (κ2) is 6.83. The maximum absolute atomic E-state index is 5.26. The standard InChI is InChI=1S/C17H18N4OS/c1-12-6-4-9-16(13(12)2)21-17(18-19-20-21)23-11-14-7-5-8-15(10-14)22-3/h4-10H,11H2,1-3H3. The zero-order chi connectivity index (χ0) is 16.2. The lowest BCUT2D eigenvalue weighted by atomic mass is 10.1. The first kappa shape index (κ1) is 15.6. The monoisotopic (exact) mass is 326 g/mol. The molecule has 0 atom stereocenters. The van der Waals surface area contributed by atoms with Gasteiger partial charge in [0.1, 0.15) is 5.75 Å². The number of tetrazole rings is 1. The number of aryl methyl sites for hydroxylation is 1. The van der Waals surface area contributed by atoms with Gasteiger partial charge in [0.15, 0.2) is 0 Å². The van der Waals surface area contributed by atoms with Crippen molar-refractivity contribution in [1.29, 1.82) is 0 Å². The Labute approximate surface area is 139 Å². The van der Waals surface area contributed by atoms with Crippen molar-refractivity contribution in [3.63, 3.8) is 0 Å². The van der Waals surface area contributed by atoms with Gasteiger partial charge < -0.3 is 4.74 Å². The van der Waals surface area contributed by atoms with Gasteiger partial charge >= 0.3 is 0 Å². The van der Waals surface area contributed by atoms with Gasteiger partial charge in [0, 0.05) is 5.75 Å². The van der Waals surface area contributed by atoms with Gasteiger partial charge in [-0.05, 0) is 59.2 Å². The minimum Gasteiger partial charge on any atom is -0.497 e. The van der Waals surface area contributed by atoms with Gasteiger partial charge in [-0.2, -0.15) is 4.68 Å². The summed E-state index contributed by atoms with van der Waals surface area (Å²) in [6.45, 7) is 4.18. The molecule has 1 aromatic heterocycles. The summed E-state index contributed by atoms with van der Waals surface area (Å²) >= 11 is 1.61. The van der Waals surface area contributed by atoms with Crippen LogP contribution < -0.4 is 4.74 Å². The number of hydrogen-bond donors (Lipinski definition) is 0. The molecule has 0 N–H and O–H groups in total. The molecule has 0 aliphatic rings. The second-order valence-electron chi connectivity index (χ2n) is 5.23. The van der Waals surface area contributed by atoms with E-state index in [4.69, 9.17) is 4.74 Å². The fourth-order valence-corrected chi connectivity index (χ4v) is 3.12. The summed E-state index contributed by atoms with van der Waals surface area (Å²) < 4.78 is 7.06.